The van der Waals surface area contributed by atoms with Crippen LogP contribution in [0.1, 0.15) is 41.7 Å². The largest absolute Gasteiger partial charge is 0.347 e. The summed E-state index contributed by atoms with van der Waals surface area (Å²) in [7, 11) is 1.70. The van der Waals surface area contributed by atoms with Gasteiger partial charge < -0.3 is 15.5 Å². The van der Waals surface area contributed by atoms with Gasteiger partial charge in [-0.05, 0) is 31.9 Å². The molecule has 8 nitrogen and oxygen atoms in total. The number of nitrogens with one attached hydrogen (secondary N) is 2. The Hall–Kier alpha value is -2.81. The van der Waals surface area contributed by atoms with E-state index >= 15 is 0 Å². The quantitative estimate of drug-likeness (QED) is 0.797. The van der Waals surface area contributed by atoms with Crippen molar-refractivity contribution in [3.8, 4) is 0 Å². The van der Waals surface area contributed by atoms with Crippen molar-refractivity contribution in [1.82, 2.24) is 20.2 Å². The van der Waals surface area contributed by atoms with Gasteiger partial charge in [-0.15, -0.1) is 11.3 Å². The van der Waals surface area contributed by atoms with Gasteiger partial charge in [0.1, 0.15) is 0 Å². The monoisotopic (exact) mass is 415 g/mol. The smallest absolute Gasteiger partial charge is 0.253 e. The SMILES string of the molecule is Cc1csc(NC(=O)C2CCCC(NC(=O)c3cccnc3)CN(C)C(=O)C2)n1. The first-order valence-electron chi connectivity index (χ1n) is 9.60. The lowest BCUT2D eigenvalue weighted by Gasteiger charge is -2.24. The molecule has 2 atom stereocenters. The van der Waals surface area contributed by atoms with Gasteiger partial charge in [0.2, 0.25) is 11.8 Å². The van der Waals surface area contributed by atoms with Gasteiger partial charge in [0, 0.05) is 49.7 Å². The third-order valence-electron chi connectivity index (χ3n) is 4.93. The minimum Gasteiger partial charge on any atom is -0.347 e. The number of rotatable bonds is 4. The van der Waals surface area contributed by atoms with Gasteiger partial charge >= 0.3 is 0 Å². The predicted octanol–water partition coefficient (Wildman–Crippen LogP) is 2.23. The molecule has 1 fully saturated rings. The predicted molar refractivity (Wildman–Crippen MR) is 111 cm³/mol. The van der Waals surface area contributed by atoms with Crippen molar-refractivity contribution in [2.45, 2.75) is 38.6 Å². The highest BCUT2D eigenvalue weighted by molar-refractivity contribution is 7.13. The molecule has 154 valence electrons. The number of carbonyl (C=O) groups is 3. The van der Waals surface area contributed by atoms with Crippen LogP contribution >= 0.6 is 11.3 Å². The second kappa shape index (κ2) is 9.60. The maximum absolute atomic E-state index is 12.7. The first-order valence-corrected chi connectivity index (χ1v) is 10.5. The zero-order valence-electron chi connectivity index (χ0n) is 16.6. The highest BCUT2D eigenvalue weighted by Crippen LogP contribution is 2.22. The lowest BCUT2D eigenvalue weighted by molar-refractivity contribution is -0.134. The van der Waals surface area contributed by atoms with Crippen molar-refractivity contribution in [2.75, 3.05) is 18.9 Å². The van der Waals surface area contributed by atoms with E-state index in [1.54, 1.807) is 30.3 Å². The van der Waals surface area contributed by atoms with E-state index < -0.39 is 5.92 Å². The number of thiazole rings is 1. The third-order valence-corrected chi connectivity index (χ3v) is 5.80. The number of hydrogen-bond donors (Lipinski definition) is 2. The molecular formula is C20H25N5O3S. The van der Waals surface area contributed by atoms with Crippen LogP contribution < -0.4 is 10.6 Å². The van der Waals surface area contributed by atoms with Crippen molar-refractivity contribution in [3.05, 3.63) is 41.2 Å². The van der Waals surface area contributed by atoms with Gasteiger partial charge in [0.25, 0.3) is 5.91 Å². The molecule has 2 aromatic heterocycles. The number of hydrogen-bond acceptors (Lipinski definition) is 6. The molecule has 29 heavy (non-hydrogen) atoms. The fourth-order valence-corrected chi connectivity index (χ4v) is 4.02. The number of likely N-dealkylation sites (N-methyl/N-ethyl adjacent to an activating group) is 1. The minimum atomic E-state index is -0.415. The molecule has 2 N–H and O–H groups in total. The first-order chi connectivity index (χ1) is 13.9. The second-order valence-corrected chi connectivity index (χ2v) is 8.16. The maximum Gasteiger partial charge on any atom is 0.253 e. The van der Waals surface area contributed by atoms with Gasteiger partial charge in [-0.3, -0.25) is 19.4 Å². The molecule has 3 heterocycles. The lowest BCUT2D eigenvalue weighted by Crippen LogP contribution is -2.44. The van der Waals surface area contributed by atoms with E-state index in [0.717, 1.165) is 12.1 Å². The van der Waals surface area contributed by atoms with Crippen LogP contribution in [0.15, 0.2) is 29.9 Å². The Balaban J connectivity index is 1.62. The lowest BCUT2D eigenvalue weighted by atomic mass is 9.96. The highest BCUT2D eigenvalue weighted by atomic mass is 32.1. The molecule has 0 aliphatic carbocycles. The molecule has 0 bridgehead atoms. The Kier molecular flexibility index (Phi) is 6.92. The molecule has 1 aliphatic heterocycles. The van der Waals surface area contributed by atoms with E-state index in [0.29, 0.717) is 30.1 Å². The van der Waals surface area contributed by atoms with E-state index in [1.165, 1.54) is 17.5 Å². The number of pyridine rings is 1. The Morgan fingerprint density at radius 1 is 1.31 bits per heavy atom. The second-order valence-electron chi connectivity index (χ2n) is 7.30. The molecule has 3 amide bonds. The summed E-state index contributed by atoms with van der Waals surface area (Å²) in [5, 5.41) is 8.23. The fourth-order valence-electron chi connectivity index (χ4n) is 3.33. The summed E-state index contributed by atoms with van der Waals surface area (Å²) in [4.78, 5) is 47.5. The molecule has 1 saturated heterocycles. The van der Waals surface area contributed by atoms with Crippen molar-refractivity contribution >= 4 is 34.2 Å². The zero-order chi connectivity index (χ0) is 20.8. The highest BCUT2D eigenvalue weighted by Gasteiger charge is 2.28. The summed E-state index contributed by atoms with van der Waals surface area (Å²) in [6.45, 7) is 2.27. The van der Waals surface area contributed by atoms with Crippen LogP contribution in [0.4, 0.5) is 5.13 Å². The standard InChI is InChI=1S/C20H25N5O3S/c1-13-12-29-20(22-13)24-18(27)14-5-3-7-16(11-25(2)17(26)9-14)23-19(28)15-6-4-8-21-10-15/h4,6,8,10,12,14,16H,3,5,7,9,11H2,1-2H3,(H,23,28)(H,22,24,27). The van der Waals surface area contributed by atoms with Gasteiger partial charge in [0.15, 0.2) is 5.13 Å². The molecule has 2 unspecified atom stereocenters. The van der Waals surface area contributed by atoms with Gasteiger partial charge in [-0.2, -0.15) is 0 Å². The zero-order valence-corrected chi connectivity index (χ0v) is 17.4. The van der Waals surface area contributed by atoms with Crippen LogP contribution in [0.5, 0.6) is 0 Å². The normalized spacial score (nSPS) is 20.3. The summed E-state index contributed by atoms with van der Waals surface area (Å²) in [6.07, 6.45) is 5.27. The van der Waals surface area contributed by atoms with Gasteiger partial charge in [-0.25, -0.2) is 4.98 Å². The molecule has 0 radical (unpaired) electrons. The van der Waals surface area contributed by atoms with Crippen LogP contribution in [0.2, 0.25) is 0 Å². The Bertz CT molecular complexity index is 870. The molecule has 1 aliphatic rings. The minimum absolute atomic E-state index is 0.108. The summed E-state index contributed by atoms with van der Waals surface area (Å²) in [6, 6.07) is 3.23. The van der Waals surface area contributed by atoms with Gasteiger partial charge in [-0.1, -0.05) is 6.42 Å². The van der Waals surface area contributed by atoms with E-state index in [-0.39, 0.29) is 30.2 Å². The average Bonchev–Trinajstić information content (AvgIpc) is 3.13. The molecule has 0 saturated carbocycles. The van der Waals surface area contributed by atoms with Crippen LogP contribution in [-0.2, 0) is 9.59 Å². The Morgan fingerprint density at radius 3 is 2.83 bits per heavy atom. The summed E-state index contributed by atoms with van der Waals surface area (Å²) in [5.41, 5.74) is 1.33. The topological polar surface area (TPSA) is 104 Å². The molecule has 9 heteroatoms. The van der Waals surface area contributed by atoms with Crippen LogP contribution in [-0.4, -0.2) is 52.2 Å². The summed E-state index contributed by atoms with van der Waals surface area (Å²) < 4.78 is 0. The molecular weight excluding hydrogens is 390 g/mol. The van der Waals surface area contributed by atoms with Crippen LogP contribution in [0.3, 0.4) is 0 Å². The van der Waals surface area contributed by atoms with E-state index in [2.05, 4.69) is 20.6 Å². The number of aryl methyl sites for hydroxylation is 1. The average molecular weight is 416 g/mol. The van der Waals surface area contributed by atoms with E-state index in [4.69, 9.17) is 0 Å². The Labute approximate surface area is 173 Å². The maximum atomic E-state index is 12.7. The molecule has 0 aromatic carbocycles. The number of carbonyl (C=O) groups excluding carboxylic acids is 3. The first kappa shape index (κ1) is 20.9. The number of amides is 3. The summed E-state index contributed by atoms with van der Waals surface area (Å²) >= 11 is 1.37. The summed E-state index contributed by atoms with van der Waals surface area (Å²) in [5.74, 6) is -0.916. The van der Waals surface area contributed by atoms with Crippen molar-refractivity contribution in [2.24, 2.45) is 5.92 Å². The fraction of sp³-hybridized carbons (Fsp3) is 0.450. The van der Waals surface area contributed by atoms with Crippen LogP contribution in [0.25, 0.3) is 0 Å². The van der Waals surface area contributed by atoms with Crippen molar-refractivity contribution in [3.63, 3.8) is 0 Å². The molecule has 2 aromatic rings. The van der Waals surface area contributed by atoms with E-state index in [1.807, 2.05) is 12.3 Å². The number of anilines is 1. The number of nitrogens with zero attached hydrogens (tertiary/aromatic N) is 3. The molecule has 0 spiro atoms. The number of aromatic nitrogens is 2. The third kappa shape index (κ3) is 5.83. The van der Waals surface area contributed by atoms with Gasteiger partial charge in [0.05, 0.1) is 11.3 Å². The van der Waals surface area contributed by atoms with Crippen LogP contribution in [0, 0.1) is 12.8 Å². The van der Waals surface area contributed by atoms with Crippen molar-refractivity contribution in [1.29, 1.82) is 0 Å². The van der Waals surface area contributed by atoms with E-state index in [9.17, 15) is 14.4 Å². The molecule has 3 rings (SSSR count). The van der Waals surface area contributed by atoms with Crippen molar-refractivity contribution < 1.29 is 14.4 Å². The Morgan fingerprint density at radius 2 is 2.14 bits per heavy atom.